The first-order valence-electron chi connectivity index (χ1n) is 11.0. The number of rotatable bonds is 9. The largest absolute Gasteiger partial charge is 0.497 e. The number of carbonyl (C=O) groups is 1. The van der Waals surface area contributed by atoms with Crippen LogP contribution >= 0.6 is 0 Å². The number of carboxylic acid groups (broad SMARTS) is 1. The van der Waals surface area contributed by atoms with E-state index in [0.717, 1.165) is 25.9 Å². The second-order valence-electron chi connectivity index (χ2n) is 8.15. The van der Waals surface area contributed by atoms with Gasteiger partial charge in [0.2, 0.25) is 0 Å². The van der Waals surface area contributed by atoms with Crippen molar-refractivity contribution >= 4 is 21.7 Å². The van der Waals surface area contributed by atoms with E-state index in [2.05, 4.69) is 9.88 Å². The predicted molar refractivity (Wildman–Crippen MR) is 129 cm³/mol. The van der Waals surface area contributed by atoms with E-state index in [1.54, 1.807) is 48.8 Å². The Morgan fingerprint density at radius 3 is 2.44 bits per heavy atom. The van der Waals surface area contributed by atoms with Gasteiger partial charge < -0.3 is 9.84 Å². The minimum absolute atomic E-state index is 0.0458. The Labute approximate surface area is 199 Å². The summed E-state index contributed by atoms with van der Waals surface area (Å²) in [6.45, 7) is 2.20. The van der Waals surface area contributed by atoms with Crippen molar-refractivity contribution < 1.29 is 23.1 Å². The summed E-state index contributed by atoms with van der Waals surface area (Å²) in [6, 6.07) is 14.5. The maximum absolute atomic E-state index is 14.0. The highest BCUT2D eigenvalue weighted by atomic mass is 32.2. The average molecular weight is 482 g/mol. The second-order valence-corrected chi connectivity index (χ2v) is 10.0. The Balaban J connectivity index is 1.88. The molecule has 1 fully saturated rings. The molecule has 34 heavy (non-hydrogen) atoms. The van der Waals surface area contributed by atoms with Gasteiger partial charge in [0.05, 0.1) is 29.8 Å². The van der Waals surface area contributed by atoms with Crippen LogP contribution in [-0.4, -0.2) is 49.6 Å². The molecular weight excluding hydrogens is 454 g/mol. The molecule has 0 atom stereocenters. The molecule has 0 saturated carbocycles. The summed E-state index contributed by atoms with van der Waals surface area (Å²) in [5.41, 5.74) is 1.42. The third kappa shape index (κ3) is 5.05. The van der Waals surface area contributed by atoms with E-state index in [1.165, 1.54) is 29.6 Å². The third-order valence-corrected chi connectivity index (χ3v) is 7.65. The van der Waals surface area contributed by atoms with Gasteiger partial charge >= 0.3 is 5.97 Å². The van der Waals surface area contributed by atoms with Crippen LogP contribution in [0.1, 0.15) is 34.3 Å². The van der Waals surface area contributed by atoms with Gasteiger partial charge in [0.1, 0.15) is 5.75 Å². The quantitative estimate of drug-likeness (QED) is 0.496. The molecule has 0 aliphatic carbocycles. The first kappa shape index (κ1) is 23.7. The van der Waals surface area contributed by atoms with Crippen molar-refractivity contribution in [3.8, 4) is 5.75 Å². The van der Waals surface area contributed by atoms with Crippen LogP contribution in [0.5, 0.6) is 5.75 Å². The molecule has 0 bridgehead atoms. The number of ether oxygens (including phenoxy) is 1. The molecule has 2 heterocycles. The minimum atomic E-state index is -4.12. The van der Waals surface area contributed by atoms with Crippen LogP contribution in [-0.2, 0) is 23.1 Å². The van der Waals surface area contributed by atoms with Crippen LogP contribution in [0.25, 0.3) is 0 Å². The molecule has 3 aromatic rings. The lowest BCUT2D eigenvalue weighted by atomic mass is 10.1. The van der Waals surface area contributed by atoms with Crippen molar-refractivity contribution in [1.82, 2.24) is 9.88 Å². The second kappa shape index (κ2) is 10.2. The smallest absolute Gasteiger partial charge is 0.337 e. The van der Waals surface area contributed by atoms with Gasteiger partial charge in [-0.05, 0) is 73.5 Å². The number of aromatic carboxylic acids is 1. The number of para-hydroxylation sites is 1. The van der Waals surface area contributed by atoms with Gasteiger partial charge in [0, 0.05) is 18.9 Å². The fraction of sp³-hybridized carbons (Fsp3) is 0.280. The lowest BCUT2D eigenvalue weighted by molar-refractivity contribution is 0.0697. The molecule has 4 rings (SSSR count). The van der Waals surface area contributed by atoms with Crippen LogP contribution < -0.4 is 9.04 Å². The number of hydrogen-bond acceptors (Lipinski definition) is 6. The van der Waals surface area contributed by atoms with E-state index in [0.29, 0.717) is 23.4 Å². The van der Waals surface area contributed by atoms with Crippen molar-refractivity contribution in [3.05, 3.63) is 83.7 Å². The van der Waals surface area contributed by atoms with E-state index < -0.39 is 16.0 Å². The van der Waals surface area contributed by atoms with Crippen molar-refractivity contribution in [3.63, 3.8) is 0 Å². The Morgan fingerprint density at radius 2 is 1.82 bits per heavy atom. The van der Waals surface area contributed by atoms with E-state index in [1.807, 2.05) is 0 Å². The SMILES string of the molecule is COc1ccc(S(=O)(=O)N(Cc2cccnc2)c2c(CN3CCCC3)cccc2C(=O)O)cc1. The van der Waals surface area contributed by atoms with Gasteiger partial charge in [-0.15, -0.1) is 0 Å². The summed E-state index contributed by atoms with van der Waals surface area (Å²) in [4.78, 5) is 18.6. The van der Waals surface area contributed by atoms with Gasteiger partial charge in [0.15, 0.2) is 0 Å². The van der Waals surface area contributed by atoms with Gasteiger partial charge in [-0.1, -0.05) is 18.2 Å². The minimum Gasteiger partial charge on any atom is -0.497 e. The lowest BCUT2D eigenvalue weighted by Gasteiger charge is -2.29. The number of sulfonamides is 1. The summed E-state index contributed by atoms with van der Waals surface area (Å²) in [7, 11) is -2.62. The molecular formula is C25H27N3O5S. The molecule has 1 N–H and O–H groups in total. The van der Waals surface area contributed by atoms with E-state index >= 15 is 0 Å². The van der Waals surface area contributed by atoms with E-state index in [4.69, 9.17) is 4.74 Å². The highest BCUT2D eigenvalue weighted by Crippen LogP contribution is 2.34. The molecule has 0 spiro atoms. The monoisotopic (exact) mass is 481 g/mol. The normalized spacial score (nSPS) is 14.1. The zero-order chi connectivity index (χ0) is 24.1. The summed E-state index contributed by atoms with van der Waals surface area (Å²) in [5, 5.41) is 10.0. The zero-order valence-corrected chi connectivity index (χ0v) is 19.7. The first-order valence-corrected chi connectivity index (χ1v) is 12.5. The van der Waals surface area contributed by atoms with Gasteiger partial charge in [-0.3, -0.25) is 14.2 Å². The van der Waals surface area contributed by atoms with Crippen LogP contribution in [0.3, 0.4) is 0 Å². The predicted octanol–water partition coefficient (Wildman–Crippen LogP) is 3.78. The molecule has 2 aromatic carbocycles. The summed E-state index contributed by atoms with van der Waals surface area (Å²) in [5.74, 6) is -0.655. The highest BCUT2D eigenvalue weighted by Gasteiger charge is 2.31. The molecule has 0 radical (unpaired) electrons. The number of benzene rings is 2. The number of pyridine rings is 1. The van der Waals surface area contributed by atoms with E-state index in [-0.39, 0.29) is 22.7 Å². The van der Waals surface area contributed by atoms with Gasteiger partial charge in [0.25, 0.3) is 10.0 Å². The van der Waals surface area contributed by atoms with Crippen molar-refractivity contribution in [2.75, 3.05) is 24.5 Å². The molecule has 0 unspecified atom stereocenters. The summed E-state index contributed by atoms with van der Waals surface area (Å²) < 4.78 is 34.3. The molecule has 0 amide bonds. The summed E-state index contributed by atoms with van der Waals surface area (Å²) in [6.07, 6.45) is 5.32. The topological polar surface area (TPSA) is 100 Å². The molecule has 1 aromatic heterocycles. The maximum Gasteiger partial charge on any atom is 0.337 e. The fourth-order valence-corrected chi connectivity index (χ4v) is 5.69. The summed E-state index contributed by atoms with van der Waals surface area (Å²) >= 11 is 0. The molecule has 1 saturated heterocycles. The lowest BCUT2D eigenvalue weighted by Crippen LogP contribution is -2.33. The number of aromatic nitrogens is 1. The Bertz CT molecular complexity index is 1240. The molecule has 8 nitrogen and oxygen atoms in total. The molecule has 178 valence electrons. The van der Waals surface area contributed by atoms with E-state index in [9.17, 15) is 18.3 Å². The number of anilines is 1. The van der Waals surface area contributed by atoms with Crippen molar-refractivity contribution in [1.29, 1.82) is 0 Å². The Morgan fingerprint density at radius 1 is 1.09 bits per heavy atom. The highest BCUT2D eigenvalue weighted by molar-refractivity contribution is 7.92. The first-order chi connectivity index (χ1) is 16.4. The maximum atomic E-state index is 14.0. The van der Waals surface area contributed by atoms with Crippen LogP contribution in [0.4, 0.5) is 5.69 Å². The fourth-order valence-electron chi connectivity index (χ4n) is 4.18. The van der Waals surface area contributed by atoms with Gasteiger partial charge in [-0.2, -0.15) is 0 Å². The third-order valence-electron chi connectivity index (χ3n) is 5.89. The molecule has 1 aliphatic rings. The Kier molecular flexibility index (Phi) is 7.14. The van der Waals surface area contributed by atoms with Gasteiger partial charge in [-0.25, -0.2) is 13.2 Å². The zero-order valence-electron chi connectivity index (χ0n) is 18.9. The number of likely N-dealkylation sites (tertiary alicyclic amines) is 1. The number of hydrogen-bond donors (Lipinski definition) is 1. The average Bonchev–Trinajstić information content (AvgIpc) is 3.36. The van der Waals surface area contributed by atoms with Crippen LogP contribution in [0, 0.1) is 0 Å². The standard InChI is InChI=1S/C25H27N3O5S/c1-33-21-9-11-22(12-10-21)34(31,32)28(17-19-6-5-13-26-16-19)24-20(18-27-14-2-3-15-27)7-4-8-23(24)25(29)30/h4-13,16H,2-3,14-15,17-18H2,1H3,(H,29,30). The van der Waals surface area contributed by atoms with Crippen molar-refractivity contribution in [2.24, 2.45) is 0 Å². The van der Waals surface area contributed by atoms with Crippen molar-refractivity contribution in [2.45, 2.75) is 30.8 Å². The van der Waals surface area contributed by atoms with Crippen LogP contribution in [0.2, 0.25) is 0 Å². The molecule has 1 aliphatic heterocycles. The molecule has 9 heteroatoms. The van der Waals surface area contributed by atoms with Crippen LogP contribution in [0.15, 0.2) is 71.9 Å². The number of methoxy groups -OCH3 is 1. The Hall–Kier alpha value is -3.43. The number of carboxylic acids is 1. The number of nitrogens with zero attached hydrogens (tertiary/aromatic N) is 3.